The van der Waals surface area contributed by atoms with Gasteiger partial charge in [0.05, 0.1) is 329 Å². The van der Waals surface area contributed by atoms with Crippen molar-refractivity contribution in [2.45, 2.75) is 43.5 Å². The lowest BCUT2D eigenvalue weighted by molar-refractivity contribution is -0.147. The lowest BCUT2D eigenvalue weighted by Gasteiger charge is -2.27. The van der Waals surface area contributed by atoms with Crippen molar-refractivity contribution in [2.75, 3.05) is 349 Å². The molecule has 2 saturated heterocycles. The molecule has 2 rings (SSSR count). The Kier molecular flexibility index (Phi) is 69.2. The lowest BCUT2D eigenvalue weighted by atomic mass is 10.1. The molecule has 0 aliphatic carbocycles. The summed E-state index contributed by atoms with van der Waals surface area (Å²) in [4.78, 5) is 89.4. The minimum atomic E-state index is -1.33. The molecule has 0 aromatic rings. The van der Waals surface area contributed by atoms with Crippen LogP contribution >= 0.6 is 11.8 Å². The van der Waals surface area contributed by atoms with Crippen molar-refractivity contribution in [3.8, 4) is 0 Å². The number of thioether (sulfide) groups is 1. The Balaban J connectivity index is 1.19. The first-order chi connectivity index (χ1) is 52.5. The van der Waals surface area contributed by atoms with Crippen molar-refractivity contribution < 1.29 is 152 Å². The Morgan fingerprint density at radius 2 is 0.645 bits per heavy atom. The number of nitrogens with two attached hydrogens (primary N) is 2. The summed E-state index contributed by atoms with van der Waals surface area (Å²) in [5.41, 5.74) is 11.4. The van der Waals surface area contributed by atoms with E-state index in [1.807, 2.05) is 0 Å². The Morgan fingerprint density at radius 1 is 0.383 bits per heavy atom. The smallest absolute Gasteiger partial charge is 0.305 e. The molecule has 39 heteroatoms. The molecule has 0 spiro atoms. The summed E-state index contributed by atoms with van der Waals surface area (Å²) < 4.78 is 132. The first kappa shape index (κ1) is 99.1. The van der Waals surface area contributed by atoms with Crippen LogP contribution < -0.4 is 22.1 Å². The lowest BCUT2D eigenvalue weighted by Crippen LogP contribution is -2.58. The summed E-state index contributed by atoms with van der Waals surface area (Å²) in [6.45, 7) is 21.7. The van der Waals surface area contributed by atoms with Gasteiger partial charge in [0, 0.05) is 50.7 Å². The molecule has 4 atom stereocenters. The van der Waals surface area contributed by atoms with Crippen molar-refractivity contribution in [3.05, 3.63) is 0 Å². The fourth-order valence-corrected chi connectivity index (χ4v) is 10.2. The molecule has 0 aromatic carbocycles. The second-order valence-corrected chi connectivity index (χ2v) is 24.1. The maximum Gasteiger partial charge on any atom is 0.305 e. The van der Waals surface area contributed by atoms with E-state index in [2.05, 4.69) is 10.6 Å². The zero-order valence-corrected chi connectivity index (χ0v) is 63.8. The number of nitrogens with one attached hydrogen (secondary N) is 2. The summed E-state index contributed by atoms with van der Waals surface area (Å²) in [5, 5.41) is 13.0. The Hall–Kier alpha value is -4.00. The highest BCUT2D eigenvalue weighted by Crippen LogP contribution is 2.26. The maximum absolute atomic E-state index is 13.4. The predicted octanol–water partition coefficient (Wildman–Crippen LogP) is -3.00. The third kappa shape index (κ3) is 58.5. The van der Waals surface area contributed by atoms with Crippen LogP contribution in [0.4, 0.5) is 0 Å². The van der Waals surface area contributed by atoms with Crippen LogP contribution in [-0.4, -0.2) is 423 Å². The topological polar surface area (TPSA) is 444 Å². The number of nitrogens with zero attached hydrogens (tertiary/aromatic N) is 2. The highest BCUT2D eigenvalue weighted by atomic mass is 32.2. The van der Waals surface area contributed by atoms with E-state index in [1.165, 1.54) is 0 Å². The van der Waals surface area contributed by atoms with E-state index >= 15 is 0 Å². The van der Waals surface area contributed by atoms with Crippen molar-refractivity contribution in [1.82, 2.24) is 20.4 Å². The summed E-state index contributed by atoms with van der Waals surface area (Å²) >= 11 is 1.03. The number of carboxylic acids is 1. The van der Waals surface area contributed by atoms with Crippen LogP contribution in [0.1, 0.15) is 26.2 Å². The van der Waals surface area contributed by atoms with Gasteiger partial charge in [-0.1, -0.05) is 6.92 Å². The van der Waals surface area contributed by atoms with Gasteiger partial charge in [-0.2, -0.15) is 0 Å². The zero-order chi connectivity index (χ0) is 77.2. The zero-order valence-electron chi connectivity index (χ0n) is 63.0. The first-order valence-corrected chi connectivity index (χ1v) is 37.9. The number of hydrogen-bond donors (Lipinski definition) is 5. The molecule has 2 aliphatic rings. The fourth-order valence-electron chi connectivity index (χ4n) is 8.96. The Bertz CT molecular complexity index is 2150. The molecule has 6 amide bonds. The van der Waals surface area contributed by atoms with Crippen LogP contribution in [0.2, 0.25) is 0 Å². The molecule has 626 valence electrons. The van der Waals surface area contributed by atoms with Gasteiger partial charge >= 0.3 is 5.97 Å². The van der Waals surface area contributed by atoms with Gasteiger partial charge in [-0.05, 0) is 0 Å². The van der Waals surface area contributed by atoms with E-state index in [0.29, 0.717) is 291 Å². The Labute approximate surface area is 633 Å². The van der Waals surface area contributed by atoms with Crippen LogP contribution in [0.5, 0.6) is 0 Å². The number of carboxylic acid groups (broad SMARTS) is 1. The van der Waals surface area contributed by atoms with Gasteiger partial charge in [0.25, 0.3) is 0 Å². The molecule has 38 nitrogen and oxygen atoms in total. The number of ether oxygens (including phenoxy) is 24. The molecule has 7 N–H and O–H groups in total. The normalized spacial score (nSPS) is 15.2. The average Bonchev–Trinajstić information content (AvgIpc) is 1.68. The van der Waals surface area contributed by atoms with Crippen LogP contribution in [0.3, 0.4) is 0 Å². The molecule has 0 bridgehead atoms. The second-order valence-electron chi connectivity index (χ2n) is 22.8. The van der Waals surface area contributed by atoms with Gasteiger partial charge in [-0.15, -0.1) is 11.8 Å². The first-order valence-electron chi connectivity index (χ1n) is 36.9. The summed E-state index contributed by atoms with van der Waals surface area (Å²) in [6, 6.07) is -2.53. The second kappa shape index (κ2) is 74.7. The van der Waals surface area contributed by atoms with Gasteiger partial charge in [0.2, 0.25) is 35.4 Å². The standard InChI is InChI=1S/C68H126N6O32S/c1-58-54-63(76)74(67(58)81)60(56-70)66(80)72-59(57-107-61-55-62(75)73(5-3-69)68(61)82)65(79)71-4-7-84-9-11-86-13-15-88-17-19-90-21-23-92-25-27-94-29-31-96-33-35-98-37-39-100-41-43-102-45-47-104-49-51-106-53-52-105-50-48-103-46-44-101-42-40-99-38-36-97-34-32-95-30-28-93-26-24-91-22-20-89-18-16-87-14-12-85-10-8-83-6-2-64(77)78/h58-61H,2-57,69-70H2,1H3,(H,71,79)(H,72,80)(H,77,78)/t58?,59-,60-,61?/m0/s1. The van der Waals surface area contributed by atoms with E-state index in [-0.39, 0.29) is 83.5 Å². The molecule has 2 heterocycles. The molecule has 0 saturated carbocycles. The largest absolute Gasteiger partial charge is 0.481 e. The van der Waals surface area contributed by atoms with Gasteiger partial charge in [0.1, 0.15) is 12.1 Å². The quantitative estimate of drug-likeness (QED) is 0.0299. The molecule has 2 fully saturated rings. The minimum absolute atomic E-state index is 0.0156. The molecule has 107 heavy (non-hydrogen) atoms. The van der Waals surface area contributed by atoms with Gasteiger partial charge in [-0.3, -0.25) is 43.4 Å². The third-order valence-corrected chi connectivity index (χ3v) is 15.8. The van der Waals surface area contributed by atoms with Gasteiger partial charge < -0.3 is 141 Å². The highest BCUT2D eigenvalue weighted by Gasteiger charge is 2.44. The third-order valence-electron chi connectivity index (χ3n) is 14.5. The monoisotopic (exact) mass is 1570 g/mol. The minimum Gasteiger partial charge on any atom is -0.481 e. The highest BCUT2D eigenvalue weighted by molar-refractivity contribution is 8.00. The van der Waals surface area contributed by atoms with E-state index in [1.54, 1.807) is 6.92 Å². The molecule has 0 aromatic heterocycles. The summed E-state index contributed by atoms with van der Waals surface area (Å²) in [6.07, 6.45) is -0.151. The summed E-state index contributed by atoms with van der Waals surface area (Å²) in [5.74, 6) is -4.86. The summed E-state index contributed by atoms with van der Waals surface area (Å²) in [7, 11) is 0. The number of rotatable bonds is 85. The molecule has 2 unspecified atom stereocenters. The molecule has 0 radical (unpaired) electrons. The van der Waals surface area contributed by atoms with Crippen molar-refractivity contribution in [2.24, 2.45) is 17.4 Å². The van der Waals surface area contributed by atoms with Gasteiger partial charge in [0.15, 0.2) is 0 Å². The molecular weight excluding hydrogens is 1440 g/mol. The molecule has 2 aliphatic heterocycles. The van der Waals surface area contributed by atoms with Crippen LogP contribution in [0.25, 0.3) is 0 Å². The molecular formula is C68H126N6O32S. The van der Waals surface area contributed by atoms with E-state index in [0.717, 1.165) is 21.6 Å². The number of likely N-dealkylation sites (tertiary alicyclic amines) is 2. The number of hydrogen-bond acceptors (Lipinski definition) is 34. The number of aliphatic carboxylic acids is 1. The number of imide groups is 2. The van der Waals surface area contributed by atoms with E-state index < -0.39 is 58.8 Å². The van der Waals surface area contributed by atoms with Crippen molar-refractivity contribution in [3.63, 3.8) is 0 Å². The number of amides is 6. The van der Waals surface area contributed by atoms with Gasteiger partial charge in [-0.25, -0.2) is 0 Å². The average molecular weight is 1570 g/mol. The SMILES string of the molecule is CC1CC(=O)N([C@@H](CN)C(=O)N[C@@H](CSC2CC(=O)N(CCN)C2=O)C(=O)NCCOCCOCCOCCOCCOCCOCCOCCOCCOCCOCCOCCOCCOCCOCCOCCOCCOCCOCCOCCOCCOCCOCCOCCOCCC(=O)O)C1=O. The predicted molar refractivity (Wildman–Crippen MR) is 382 cm³/mol. The van der Waals surface area contributed by atoms with Crippen LogP contribution in [0.15, 0.2) is 0 Å². The van der Waals surface area contributed by atoms with E-state index in [9.17, 15) is 33.6 Å². The Morgan fingerprint density at radius 3 is 0.879 bits per heavy atom. The van der Waals surface area contributed by atoms with Crippen molar-refractivity contribution >= 4 is 53.2 Å². The maximum atomic E-state index is 13.4. The fraction of sp³-hybridized carbons (Fsp3) is 0.897. The van der Waals surface area contributed by atoms with Crippen molar-refractivity contribution in [1.29, 1.82) is 0 Å². The number of carbonyl (C=O) groups is 7. The van der Waals surface area contributed by atoms with Crippen LogP contribution in [-0.2, 0) is 147 Å². The van der Waals surface area contributed by atoms with Crippen LogP contribution in [0, 0.1) is 5.92 Å². The van der Waals surface area contributed by atoms with E-state index in [4.69, 9.17) is 130 Å². The number of carbonyl (C=O) groups excluding carboxylic acids is 6.